The smallest absolute Gasteiger partial charge is 0.237 e. The highest BCUT2D eigenvalue weighted by molar-refractivity contribution is 5.85. The molecule has 1 amide bonds. The Hall–Kier alpha value is -1.30. The van der Waals surface area contributed by atoms with Crippen LogP contribution < -0.4 is 15.4 Å². The summed E-state index contributed by atoms with van der Waals surface area (Å²) in [5.74, 6) is 1.64. The minimum atomic E-state index is -0.0187. The van der Waals surface area contributed by atoms with Crippen LogP contribution in [-0.2, 0) is 16.1 Å². The van der Waals surface area contributed by atoms with Crippen LogP contribution in [0.1, 0.15) is 37.7 Å². The van der Waals surface area contributed by atoms with Crippen molar-refractivity contribution in [3.63, 3.8) is 0 Å². The average molecular weight is 369 g/mol. The first-order valence-corrected chi connectivity index (χ1v) is 9.00. The van der Waals surface area contributed by atoms with E-state index in [-0.39, 0.29) is 24.4 Å². The molecule has 1 aromatic rings. The lowest BCUT2D eigenvalue weighted by Gasteiger charge is -2.24. The number of carbonyl (C=O) groups excluding carboxylic acids is 1. The van der Waals surface area contributed by atoms with E-state index in [0.717, 1.165) is 17.7 Å². The molecule has 1 saturated heterocycles. The summed E-state index contributed by atoms with van der Waals surface area (Å²) < 4.78 is 10.5. The lowest BCUT2D eigenvalue weighted by atomic mass is 9.85. The molecule has 3 unspecified atom stereocenters. The van der Waals surface area contributed by atoms with Gasteiger partial charge in [-0.3, -0.25) is 4.79 Å². The molecule has 2 N–H and O–H groups in total. The number of amides is 1. The average Bonchev–Trinajstić information content (AvgIpc) is 3.05. The molecule has 0 radical (unpaired) electrons. The van der Waals surface area contributed by atoms with Gasteiger partial charge >= 0.3 is 0 Å². The summed E-state index contributed by atoms with van der Waals surface area (Å²) in [7, 11) is 1.66. The largest absolute Gasteiger partial charge is 0.491 e. The monoisotopic (exact) mass is 368 g/mol. The zero-order valence-corrected chi connectivity index (χ0v) is 15.6. The van der Waals surface area contributed by atoms with Crippen molar-refractivity contribution in [3.05, 3.63) is 29.8 Å². The summed E-state index contributed by atoms with van der Waals surface area (Å²) in [6.07, 6.45) is 6.09. The van der Waals surface area contributed by atoms with E-state index in [4.69, 9.17) is 9.47 Å². The van der Waals surface area contributed by atoms with Gasteiger partial charge in [-0.25, -0.2) is 0 Å². The standard InChI is InChI=1S/C19H28N2O3.ClH/c1-23-10-11-24-16-8-6-14(7-9-16)13-20-19(22)18-12-15-4-2-3-5-17(15)21-18;/h6-9,15,17-18,21H,2-5,10-13H2,1H3,(H,20,22);1H. The summed E-state index contributed by atoms with van der Waals surface area (Å²) in [4.78, 5) is 12.4. The van der Waals surface area contributed by atoms with Crippen molar-refractivity contribution in [2.24, 2.45) is 5.92 Å². The van der Waals surface area contributed by atoms with Gasteiger partial charge in [-0.2, -0.15) is 0 Å². The molecule has 0 bridgehead atoms. The Labute approximate surface area is 156 Å². The third-order valence-corrected chi connectivity index (χ3v) is 5.13. The summed E-state index contributed by atoms with van der Waals surface area (Å²) in [5, 5.41) is 6.58. The second-order valence-corrected chi connectivity index (χ2v) is 6.81. The van der Waals surface area contributed by atoms with E-state index in [2.05, 4.69) is 10.6 Å². The first-order valence-electron chi connectivity index (χ1n) is 9.00. The van der Waals surface area contributed by atoms with Crippen molar-refractivity contribution >= 4 is 18.3 Å². The quantitative estimate of drug-likeness (QED) is 0.726. The molecule has 3 rings (SSSR count). The van der Waals surface area contributed by atoms with Crippen LogP contribution in [0.5, 0.6) is 5.75 Å². The van der Waals surface area contributed by atoms with Gasteiger partial charge in [0.1, 0.15) is 12.4 Å². The van der Waals surface area contributed by atoms with E-state index in [1.165, 1.54) is 25.7 Å². The van der Waals surface area contributed by atoms with Crippen molar-refractivity contribution in [1.29, 1.82) is 0 Å². The molecule has 25 heavy (non-hydrogen) atoms. The number of hydrogen-bond acceptors (Lipinski definition) is 4. The number of rotatable bonds is 7. The second kappa shape index (κ2) is 10.00. The highest BCUT2D eigenvalue weighted by Crippen LogP contribution is 2.33. The molecule has 1 aromatic carbocycles. The maximum Gasteiger partial charge on any atom is 0.237 e. The van der Waals surface area contributed by atoms with Crippen molar-refractivity contribution in [3.8, 4) is 5.75 Å². The maximum atomic E-state index is 12.4. The number of hydrogen-bond donors (Lipinski definition) is 2. The summed E-state index contributed by atoms with van der Waals surface area (Å²) in [6, 6.07) is 8.38. The third kappa shape index (κ3) is 5.59. The normalized spacial score (nSPS) is 24.9. The van der Waals surface area contributed by atoms with Crippen molar-refractivity contribution in [2.45, 2.75) is 50.7 Å². The fraction of sp³-hybridized carbons (Fsp3) is 0.632. The molecule has 1 aliphatic carbocycles. The minimum absolute atomic E-state index is 0. The Morgan fingerprint density at radius 3 is 2.68 bits per heavy atom. The molecule has 2 fully saturated rings. The predicted octanol–water partition coefficient (Wildman–Crippen LogP) is 2.67. The topological polar surface area (TPSA) is 59.6 Å². The van der Waals surface area contributed by atoms with E-state index in [1.807, 2.05) is 24.3 Å². The van der Waals surface area contributed by atoms with Gasteiger partial charge in [0.15, 0.2) is 0 Å². The molecule has 0 aromatic heterocycles. The first kappa shape index (κ1) is 20.0. The summed E-state index contributed by atoms with van der Waals surface area (Å²) >= 11 is 0. The number of halogens is 1. The maximum absolute atomic E-state index is 12.4. The number of benzene rings is 1. The Balaban J connectivity index is 0.00000225. The number of nitrogens with one attached hydrogen (secondary N) is 2. The highest BCUT2D eigenvalue weighted by atomic mass is 35.5. The molecule has 5 nitrogen and oxygen atoms in total. The number of fused-ring (bicyclic) bond motifs is 1. The number of carbonyl (C=O) groups is 1. The fourth-order valence-corrected chi connectivity index (χ4v) is 3.78. The molecular weight excluding hydrogens is 340 g/mol. The van der Waals surface area contributed by atoms with Gasteiger partial charge in [-0.15, -0.1) is 12.4 Å². The van der Waals surface area contributed by atoms with Crippen molar-refractivity contribution in [1.82, 2.24) is 10.6 Å². The van der Waals surface area contributed by atoms with Crippen LogP contribution in [0, 0.1) is 5.92 Å². The van der Waals surface area contributed by atoms with Gasteiger partial charge in [0.2, 0.25) is 5.91 Å². The Bertz CT molecular complexity index is 524. The van der Waals surface area contributed by atoms with Crippen LogP contribution >= 0.6 is 12.4 Å². The molecule has 2 aliphatic rings. The van der Waals surface area contributed by atoms with E-state index < -0.39 is 0 Å². The van der Waals surface area contributed by atoms with Crippen LogP contribution in [0.4, 0.5) is 0 Å². The molecule has 140 valence electrons. The fourth-order valence-electron chi connectivity index (χ4n) is 3.78. The van der Waals surface area contributed by atoms with E-state index in [0.29, 0.717) is 31.7 Å². The van der Waals surface area contributed by atoms with E-state index in [9.17, 15) is 4.79 Å². The lowest BCUT2D eigenvalue weighted by Crippen LogP contribution is -2.42. The Morgan fingerprint density at radius 2 is 1.96 bits per heavy atom. The molecular formula is C19H29ClN2O3. The van der Waals surface area contributed by atoms with Crippen molar-refractivity contribution < 1.29 is 14.3 Å². The highest BCUT2D eigenvalue weighted by Gasteiger charge is 2.37. The minimum Gasteiger partial charge on any atom is -0.491 e. The van der Waals surface area contributed by atoms with E-state index >= 15 is 0 Å². The summed E-state index contributed by atoms with van der Waals surface area (Å²) in [5.41, 5.74) is 1.08. The van der Waals surface area contributed by atoms with Crippen LogP contribution in [0.3, 0.4) is 0 Å². The van der Waals surface area contributed by atoms with Gasteiger partial charge in [0.25, 0.3) is 0 Å². The van der Waals surface area contributed by atoms with Crippen LogP contribution in [-0.4, -0.2) is 38.3 Å². The number of methoxy groups -OCH3 is 1. The zero-order valence-electron chi connectivity index (χ0n) is 14.8. The summed E-state index contributed by atoms with van der Waals surface area (Å²) in [6.45, 7) is 1.68. The first-order chi connectivity index (χ1) is 11.8. The van der Waals surface area contributed by atoms with Gasteiger partial charge in [0.05, 0.1) is 12.6 Å². The van der Waals surface area contributed by atoms with Crippen LogP contribution in [0.2, 0.25) is 0 Å². The second-order valence-electron chi connectivity index (χ2n) is 6.81. The lowest BCUT2D eigenvalue weighted by molar-refractivity contribution is -0.123. The van der Waals surface area contributed by atoms with Gasteiger partial charge < -0.3 is 20.1 Å². The molecule has 1 saturated carbocycles. The van der Waals surface area contributed by atoms with Crippen LogP contribution in [0.15, 0.2) is 24.3 Å². The SMILES string of the molecule is COCCOc1ccc(CNC(=O)C2CC3CCCCC3N2)cc1.Cl. The molecule has 0 spiro atoms. The third-order valence-electron chi connectivity index (χ3n) is 5.13. The Morgan fingerprint density at radius 1 is 1.20 bits per heavy atom. The molecule has 1 heterocycles. The van der Waals surface area contributed by atoms with Gasteiger partial charge in [-0.1, -0.05) is 25.0 Å². The number of ether oxygens (including phenoxy) is 2. The zero-order chi connectivity index (χ0) is 16.8. The van der Waals surface area contributed by atoms with Gasteiger partial charge in [0, 0.05) is 19.7 Å². The van der Waals surface area contributed by atoms with Crippen molar-refractivity contribution in [2.75, 3.05) is 20.3 Å². The van der Waals surface area contributed by atoms with Gasteiger partial charge in [-0.05, 0) is 42.9 Å². The predicted molar refractivity (Wildman–Crippen MR) is 100 cm³/mol. The molecule has 3 atom stereocenters. The van der Waals surface area contributed by atoms with Crippen LogP contribution in [0.25, 0.3) is 0 Å². The van der Waals surface area contributed by atoms with E-state index in [1.54, 1.807) is 7.11 Å². The molecule has 1 aliphatic heterocycles. The molecule has 6 heteroatoms. The Kier molecular flexibility index (Phi) is 8.00.